The summed E-state index contributed by atoms with van der Waals surface area (Å²) in [5.41, 5.74) is 1.99. The molecule has 2 N–H and O–H groups in total. The minimum Gasteiger partial charge on any atom is -0.321 e. The standard InChI is InChI=1S/C21H13ClF7N3O2S/c1-10(31-32-17(33)16-15(22)13-7-2-3-8-14(13)35-16)11-5-4-6-12(9-11)30-18(34)19(23,24)20(25,26)21(27,28)29/h2-9H,1H3,(H,30,34)(H,32,33)/b31-10+. The fraction of sp³-hybridized carbons (Fsp3) is 0.190. The minimum atomic E-state index is -6.64. The molecule has 14 heteroatoms. The molecule has 0 aliphatic heterocycles. The predicted molar refractivity (Wildman–Crippen MR) is 118 cm³/mol. The minimum absolute atomic E-state index is 0.0964. The number of amides is 2. The maximum Gasteiger partial charge on any atom is 0.460 e. The molecule has 0 unspecified atom stereocenters. The molecule has 2 aromatic carbocycles. The maximum atomic E-state index is 13.6. The van der Waals surface area contributed by atoms with Crippen LogP contribution in [0.1, 0.15) is 22.2 Å². The fourth-order valence-electron chi connectivity index (χ4n) is 2.76. The molecular weight excluding hydrogens is 527 g/mol. The molecule has 0 atom stereocenters. The lowest BCUT2D eigenvalue weighted by molar-refractivity contribution is -0.343. The van der Waals surface area contributed by atoms with Crippen LogP contribution in [0.25, 0.3) is 10.1 Å². The number of hydrogen-bond acceptors (Lipinski definition) is 4. The maximum absolute atomic E-state index is 13.6. The van der Waals surface area contributed by atoms with E-state index < -0.39 is 35.5 Å². The number of carbonyl (C=O) groups is 2. The number of thiophene rings is 1. The van der Waals surface area contributed by atoms with Gasteiger partial charge in [0.25, 0.3) is 5.91 Å². The zero-order chi connectivity index (χ0) is 26.2. The van der Waals surface area contributed by atoms with Gasteiger partial charge in [0.1, 0.15) is 4.88 Å². The molecule has 0 bridgehead atoms. The Labute approximate surface area is 201 Å². The van der Waals surface area contributed by atoms with E-state index in [0.717, 1.165) is 28.2 Å². The van der Waals surface area contributed by atoms with E-state index >= 15 is 0 Å². The van der Waals surface area contributed by atoms with Crippen molar-refractivity contribution in [1.82, 2.24) is 5.43 Å². The van der Waals surface area contributed by atoms with Gasteiger partial charge in [-0.1, -0.05) is 41.9 Å². The van der Waals surface area contributed by atoms with Crippen molar-refractivity contribution >= 4 is 56.2 Å². The van der Waals surface area contributed by atoms with E-state index in [2.05, 4.69) is 10.5 Å². The Balaban J connectivity index is 1.76. The van der Waals surface area contributed by atoms with Crippen LogP contribution in [-0.4, -0.2) is 35.5 Å². The summed E-state index contributed by atoms with van der Waals surface area (Å²) >= 11 is 7.35. The van der Waals surface area contributed by atoms with Crippen LogP contribution >= 0.6 is 22.9 Å². The van der Waals surface area contributed by atoms with Crippen molar-refractivity contribution in [2.75, 3.05) is 5.32 Å². The first-order chi connectivity index (χ1) is 16.2. The summed E-state index contributed by atoms with van der Waals surface area (Å²) in [7, 11) is 0. The van der Waals surface area contributed by atoms with Gasteiger partial charge in [-0.05, 0) is 30.7 Å². The number of rotatable bonds is 6. The second-order valence-corrected chi connectivity index (χ2v) is 8.49. The van der Waals surface area contributed by atoms with Crippen molar-refractivity contribution in [3.8, 4) is 0 Å². The molecule has 0 radical (unpaired) electrons. The van der Waals surface area contributed by atoms with E-state index in [-0.39, 0.29) is 21.2 Å². The van der Waals surface area contributed by atoms with Crippen LogP contribution in [0.2, 0.25) is 5.02 Å². The first-order valence-electron chi connectivity index (χ1n) is 9.42. The highest BCUT2D eigenvalue weighted by Gasteiger charge is 2.76. The van der Waals surface area contributed by atoms with Crippen LogP contribution < -0.4 is 10.7 Å². The van der Waals surface area contributed by atoms with Gasteiger partial charge >= 0.3 is 23.9 Å². The third-order valence-corrected chi connectivity index (χ3v) is 6.31. The summed E-state index contributed by atoms with van der Waals surface area (Å²) in [6.07, 6.45) is -6.64. The fourth-order valence-corrected chi connectivity index (χ4v) is 4.17. The van der Waals surface area contributed by atoms with Crippen molar-refractivity contribution in [3.05, 3.63) is 64.0 Å². The first-order valence-corrected chi connectivity index (χ1v) is 10.6. The Kier molecular flexibility index (Phi) is 7.14. The van der Waals surface area contributed by atoms with Gasteiger partial charge in [0.15, 0.2) is 0 Å². The number of anilines is 1. The molecule has 0 aliphatic rings. The second kappa shape index (κ2) is 9.46. The van der Waals surface area contributed by atoms with E-state index in [9.17, 15) is 40.3 Å². The summed E-state index contributed by atoms with van der Waals surface area (Å²) in [6, 6.07) is 11.6. The van der Waals surface area contributed by atoms with Crippen molar-refractivity contribution < 1.29 is 40.3 Å². The molecule has 0 spiro atoms. The monoisotopic (exact) mass is 539 g/mol. The number of fused-ring (bicyclic) bond motifs is 1. The smallest absolute Gasteiger partial charge is 0.321 e. The lowest BCUT2D eigenvalue weighted by Gasteiger charge is -2.27. The number of hydrogen-bond donors (Lipinski definition) is 2. The summed E-state index contributed by atoms with van der Waals surface area (Å²) in [5, 5.41) is 6.09. The lowest BCUT2D eigenvalue weighted by Crippen LogP contribution is -2.57. The summed E-state index contributed by atoms with van der Waals surface area (Å²) < 4.78 is 90.9. The largest absolute Gasteiger partial charge is 0.460 e. The number of nitrogens with one attached hydrogen (secondary N) is 2. The van der Waals surface area contributed by atoms with Crippen molar-refractivity contribution in [3.63, 3.8) is 0 Å². The van der Waals surface area contributed by atoms with Gasteiger partial charge in [-0.3, -0.25) is 9.59 Å². The second-order valence-electron chi connectivity index (χ2n) is 7.06. The van der Waals surface area contributed by atoms with Gasteiger partial charge < -0.3 is 5.32 Å². The molecule has 1 heterocycles. The molecule has 35 heavy (non-hydrogen) atoms. The molecule has 186 valence electrons. The molecular formula is C21H13ClF7N3O2S. The number of nitrogens with zero attached hydrogens (tertiary/aromatic N) is 1. The number of benzene rings is 2. The van der Waals surface area contributed by atoms with Gasteiger partial charge in [0, 0.05) is 15.8 Å². The van der Waals surface area contributed by atoms with Gasteiger partial charge in [-0.2, -0.15) is 35.8 Å². The van der Waals surface area contributed by atoms with E-state index in [1.165, 1.54) is 24.4 Å². The van der Waals surface area contributed by atoms with E-state index in [1.807, 2.05) is 0 Å². The quantitative estimate of drug-likeness (QED) is 0.214. The zero-order valence-corrected chi connectivity index (χ0v) is 18.9. The molecule has 0 saturated carbocycles. The summed E-state index contributed by atoms with van der Waals surface area (Å²) in [6.45, 7) is 1.39. The number of carbonyl (C=O) groups excluding carboxylic acids is 2. The topological polar surface area (TPSA) is 70.6 Å². The highest BCUT2D eigenvalue weighted by atomic mass is 35.5. The van der Waals surface area contributed by atoms with Crippen molar-refractivity contribution in [1.29, 1.82) is 0 Å². The normalized spacial score (nSPS) is 13.1. The molecule has 3 aromatic rings. The Bertz CT molecular complexity index is 1320. The molecule has 2 amide bonds. The van der Waals surface area contributed by atoms with Crippen LogP contribution in [0, 0.1) is 0 Å². The van der Waals surface area contributed by atoms with Crippen molar-refractivity contribution in [2.24, 2.45) is 5.10 Å². The Morgan fingerprint density at radius 3 is 2.26 bits per heavy atom. The molecule has 3 rings (SSSR count). The van der Waals surface area contributed by atoms with Crippen molar-refractivity contribution in [2.45, 2.75) is 24.9 Å². The predicted octanol–water partition coefficient (Wildman–Crippen LogP) is 6.48. The van der Waals surface area contributed by atoms with Crippen LogP contribution in [0.5, 0.6) is 0 Å². The lowest BCUT2D eigenvalue weighted by atomic mass is 10.1. The van der Waals surface area contributed by atoms with Gasteiger partial charge in [-0.25, -0.2) is 5.43 Å². The average Bonchev–Trinajstić information content (AvgIpc) is 3.13. The molecule has 1 aromatic heterocycles. The SMILES string of the molecule is C/C(=N\NC(=O)c1sc2ccccc2c1Cl)c1cccc(NC(=O)C(F)(F)C(F)(F)C(F)(F)F)c1. The number of hydrazone groups is 1. The molecule has 0 aliphatic carbocycles. The highest BCUT2D eigenvalue weighted by molar-refractivity contribution is 7.21. The van der Waals surface area contributed by atoms with Crippen LogP contribution in [-0.2, 0) is 4.79 Å². The third kappa shape index (κ3) is 5.10. The average molecular weight is 540 g/mol. The van der Waals surface area contributed by atoms with Crippen LogP contribution in [0.15, 0.2) is 53.6 Å². The molecule has 0 saturated heterocycles. The van der Waals surface area contributed by atoms with E-state index in [0.29, 0.717) is 5.39 Å². The first kappa shape index (κ1) is 26.4. The molecule has 5 nitrogen and oxygen atoms in total. The Morgan fingerprint density at radius 1 is 0.971 bits per heavy atom. The van der Waals surface area contributed by atoms with Crippen LogP contribution in [0.3, 0.4) is 0 Å². The van der Waals surface area contributed by atoms with E-state index in [4.69, 9.17) is 11.6 Å². The third-order valence-electron chi connectivity index (χ3n) is 4.64. The molecule has 0 fully saturated rings. The van der Waals surface area contributed by atoms with Gasteiger partial charge in [-0.15, -0.1) is 11.3 Å². The Morgan fingerprint density at radius 2 is 1.63 bits per heavy atom. The van der Waals surface area contributed by atoms with Gasteiger partial charge in [0.2, 0.25) is 0 Å². The highest BCUT2D eigenvalue weighted by Crippen LogP contribution is 2.46. The zero-order valence-electron chi connectivity index (χ0n) is 17.3. The number of alkyl halides is 7. The summed E-state index contributed by atoms with van der Waals surface area (Å²) in [5.74, 6) is -16.1. The van der Waals surface area contributed by atoms with Gasteiger partial charge in [0.05, 0.1) is 10.7 Å². The van der Waals surface area contributed by atoms with E-state index in [1.54, 1.807) is 24.3 Å². The Hall–Kier alpha value is -3.19. The summed E-state index contributed by atoms with van der Waals surface area (Å²) in [4.78, 5) is 24.2. The van der Waals surface area contributed by atoms with Crippen LogP contribution in [0.4, 0.5) is 36.4 Å². The number of halogens is 8.